The molecule has 0 aliphatic carbocycles. The lowest BCUT2D eigenvalue weighted by Gasteiger charge is -1.96. The predicted octanol–water partition coefficient (Wildman–Crippen LogP) is -0.0187. The molecule has 1 rings (SSSR count). The number of hydrogen-bond acceptors (Lipinski definition) is 4. The molecule has 0 saturated carbocycles. The third-order valence-electron chi connectivity index (χ3n) is 1.33. The SMILES string of the molecule is O=C(O)c1c([N+](=O)[O-])[nH]ccc1=O. The maximum Gasteiger partial charge on any atom is 0.348 e. The molecule has 1 aromatic heterocycles. The van der Waals surface area contributed by atoms with Crippen molar-refractivity contribution in [2.24, 2.45) is 0 Å². The van der Waals surface area contributed by atoms with E-state index >= 15 is 0 Å². The normalized spacial score (nSPS) is 9.54. The number of hydrogen-bond donors (Lipinski definition) is 2. The Morgan fingerprint density at radius 3 is 2.62 bits per heavy atom. The van der Waals surface area contributed by atoms with Crippen molar-refractivity contribution in [3.63, 3.8) is 0 Å². The predicted molar refractivity (Wildman–Crippen MR) is 40.7 cm³/mol. The second-order valence-electron chi connectivity index (χ2n) is 2.13. The zero-order valence-electron chi connectivity index (χ0n) is 6.18. The van der Waals surface area contributed by atoms with Crippen LogP contribution in [-0.2, 0) is 0 Å². The Bertz CT molecular complexity index is 421. The number of rotatable bonds is 2. The number of aromatic amines is 1. The monoisotopic (exact) mass is 184 g/mol. The van der Waals surface area contributed by atoms with Crippen LogP contribution in [0.15, 0.2) is 17.1 Å². The van der Waals surface area contributed by atoms with Crippen LogP contribution >= 0.6 is 0 Å². The third-order valence-corrected chi connectivity index (χ3v) is 1.33. The van der Waals surface area contributed by atoms with Gasteiger partial charge in [0, 0.05) is 6.07 Å². The maximum atomic E-state index is 10.9. The molecule has 0 amide bonds. The summed E-state index contributed by atoms with van der Waals surface area (Å²) in [6, 6.07) is 0.913. The molecule has 0 unspecified atom stereocenters. The summed E-state index contributed by atoms with van der Waals surface area (Å²) in [5.41, 5.74) is -1.74. The molecule has 2 N–H and O–H groups in total. The zero-order chi connectivity index (χ0) is 10.0. The van der Waals surface area contributed by atoms with Crippen molar-refractivity contribution < 1.29 is 14.8 Å². The number of aromatic nitrogens is 1. The first-order chi connectivity index (χ1) is 6.04. The van der Waals surface area contributed by atoms with E-state index in [2.05, 4.69) is 4.98 Å². The van der Waals surface area contributed by atoms with Crippen molar-refractivity contribution in [1.29, 1.82) is 0 Å². The quantitative estimate of drug-likeness (QED) is 0.495. The largest absolute Gasteiger partial charge is 0.477 e. The second-order valence-corrected chi connectivity index (χ2v) is 2.13. The number of nitrogens with one attached hydrogen (secondary N) is 1. The van der Waals surface area contributed by atoms with Gasteiger partial charge < -0.3 is 15.2 Å². The van der Waals surface area contributed by atoms with Crippen LogP contribution in [0, 0.1) is 10.1 Å². The van der Waals surface area contributed by atoms with Gasteiger partial charge in [-0.25, -0.2) is 9.78 Å². The maximum absolute atomic E-state index is 10.9. The van der Waals surface area contributed by atoms with Gasteiger partial charge in [0.15, 0.2) is 5.56 Å². The molecular weight excluding hydrogens is 180 g/mol. The van der Waals surface area contributed by atoms with Gasteiger partial charge >= 0.3 is 11.8 Å². The Morgan fingerprint density at radius 1 is 1.62 bits per heavy atom. The lowest BCUT2D eigenvalue weighted by atomic mass is 10.2. The summed E-state index contributed by atoms with van der Waals surface area (Å²) in [6.07, 6.45) is 1.02. The number of carboxylic acid groups (broad SMARTS) is 1. The molecule has 0 spiro atoms. The Morgan fingerprint density at radius 2 is 2.23 bits per heavy atom. The fraction of sp³-hybridized carbons (Fsp3) is 0. The van der Waals surface area contributed by atoms with Crippen LogP contribution in [0.1, 0.15) is 10.4 Å². The van der Waals surface area contributed by atoms with Crippen LogP contribution in [0.5, 0.6) is 0 Å². The summed E-state index contributed by atoms with van der Waals surface area (Å²) in [4.78, 5) is 32.7. The van der Waals surface area contributed by atoms with E-state index in [0.717, 1.165) is 12.3 Å². The number of nitro groups is 1. The number of aromatic carboxylic acids is 1. The molecule has 0 radical (unpaired) electrons. The fourth-order valence-electron chi connectivity index (χ4n) is 0.819. The summed E-state index contributed by atoms with van der Waals surface area (Å²) < 4.78 is 0. The summed E-state index contributed by atoms with van der Waals surface area (Å²) >= 11 is 0. The zero-order valence-corrected chi connectivity index (χ0v) is 6.18. The molecule has 7 heteroatoms. The molecule has 7 nitrogen and oxygen atoms in total. The highest BCUT2D eigenvalue weighted by molar-refractivity contribution is 5.91. The summed E-state index contributed by atoms with van der Waals surface area (Å²) in [5.74, 6) is -2.42. The number of nitrogens with zero attached hydrogens (tertiary/aromatic N) is 1. The number of pyridine rings is 1. The smallest absolute Gasteiger partial charge is 0.348 e. The van der Waals surface area contributed by atoms with Crippen LogP contribution < -0.4 is 5.43 Å². The fourth-order valence-corrected chi connectivity index (χ4v) is 0.819. The minimum Gasteiger partial charge on any atom is -0.477 e. The lowest BCUT2D eigenvalue weighted by molar-refractivity contribution is -0.389. The summed E-state index contributed by atoms with van der Waals surface area (Å²) in [5, 5.41) is 18.7. The van der Waals surface area contributed by atoms with E-state index in [-0.39, 0.29) is 0 Å². The van der Waals surface area contributed by atoms with E-state index < -0.39 is 27.7 Å². The van der Waals surface area contributed by atoms with Crippen LogP contribution in [0.3, 0.4) is 0 Å². The molecule has 0 atom stereocenters. The van der Waals surface area contributed by atoms with Crippen molar-refractivity contribution >= 4 is 11.8 Å². The molecule has 13 heavy (non-hydrogen) atoms. The van der Waals surface area contributed by atoms with Gasteiger partial charge in [0.1, 0.15) is 0 Å². The standard InChI is InChI=1S/C6H4N2O5/c9-3-1-2-7-5(8(12)13)4(3)6(10)11/h1-2H,(H,7,9)(H,10,11). The number of H-pyrrole nitrogens is 1. The number of carbonyl (C=O) groups is 1. The van der Waals surface area contributed by atoms with E-state index in [0.29, 0.717) is 0 Å². The molecule has 0 bridgehead atoms. The third kappa shape index (κ3) is 1.53. The van der Waals surface area contributed by atoms with Gasteiger partial charge in [-0.05, 0) is 4.92 Å². The average molecular weight is 184 g/mol. The van der Waals surface area contributed by atoms with Crippen LogP contribution in [0.25, 0.3) is 0 Å². The van der Waals surface area contributed by atoms with Crippen LogP contribution in [-0.4, -0.2) is 21.0 Å². The molecule has 0 aromatic carbocycles. The van der Waals surface area contributed by atoms with Crippen molar-refractivity contribution in [3.05, 3.63) is 38.2 Å². The Balaban J connectivity index is 3.52. The van der Waals surface area contributed by atoms with Gasteiger partial charge in [-0.1, -0.05) is 0 Å². The van der Waals surface area contributed by atoms with Gasteiger partial charge in [0.2, 0.25) is 5.43 Å². The minimum atomic E-state index is -1.62. The van der Waals surface area contributed by atoms with Gasteiger partial charge in [-0.15, -0.1) is 0 Å². The summed E-state index contributed by atoms with van der Waals surface area (Å²) in [6.45, 7) is 0. The van der Waals surface area contributed by atoms with Gasteiger partial charge in [0.25, 0.3) is 0 Å². The highest BCUT2D eigenvalue weighted by Crippen LogP contribution is 2.08. The lowest BCUT2D eigenvalue weighted by Crippen LogP contribution is -2.17. The highest BCUT2D eigenvalue weighted by atomic mass is 16.6. The first kappa shape index (κ1) is 8.91. The van der Waals surface area contributed by atoms with Crippen molar-refractivity contribution in [2.45, 2.75) is 0 Å². The minimum absolute atomic E-state index is 0.806. The Labute approximate surface area is 70.8 Å². The molecule has 0 fully saturated rings. The number of carboxylic acids is 1. The first-order valence-corrected chi connectivity index (χ1v) is 3.13. The first-order valence-electron chi connectivity index (χ1n) is 3.13. The molecule has 0 saturated heterocycles. The molecular formula is C6H4N2O5. The van der Waals surface area contributed by atoms with Crippen molar-refractivity contribution in [1.82, 2.24) is 4.98 Å². The molecule has 0 aliphatic rings. The van der Waals surface area contributed by atoms with Gasteiger partial charge in [-0.3, -0.25) is 4.79 Å². The topological polar surface area (TPSA) is 113 Å². The van der Waals surface area contributed by atoms with E-state index in [9.17, 15) is 19.7 Å². The highest BCUT2D eigenvalue weighted by Gasteiger charge is 2.21. The van der Waals surface area contributed by atoms with E-state index in [4.69, 9.17) is 5.11 Å². The van der Waals surface area contributed by atoms with Gasteiger partial charge in [-0.2, -0.15) is 0 Å². The van der Waals surface area contributed by atoms with Crippen molar-refractivity contribution in [3.8, 4) is 0 Å². The Kier molecular flexibility index (Phi) is 2.09. The molecule has 0 aliphatic heterocycles. The molecule has 1 heterocycles. The summed E-state index contributed by atoms with van der Waals surface area (Å²) in [7, 11) is 0. The molecule has 68 valence electrons. The van der Waals surface area contributed by atoms with E-state index in [1.54, 1.807) is 0 Å². The van der Waals surface area contributed by atoms with E-state index in [1.807, 2.05) is 0 Å². The second kappa shape index (κ2) is 3.05. The van der Waals surface area contributed by atoms with Crippen molar-refractivity contribution in [2.75, 3.05) is 0 Å². The van der Waals surface area contributed by atoms with E-state index in [1.165, 1.54) is 0 Å². The van der Waals surface area contributed by atoms with Gasteiger partial charge in [0.05, 0.1) is 6.20 Å². The van der Waals surface area contributed by atoms with Crippen LogP contribution in [0.2, 0.25) is 0 Å². The molecule has 1 aromatic rings. The average Bonchev–Trinajstić information content (AvgIpc) is 2.02. The van der Waals surface area contributed by atoms with Crippen LogP contribution in [0.4, 0.5) is 5.82 Å². The Hall–Kier alpha value is -2.18.